The van der Waals surface area contributed by atoms with Gasteiger partial charge in [0.1, 0.15) is 0 Å². The van der Waals surface area contributed by atoms with Gasteiger partial charge in [-0.05, 0) is 44.2 Å². The van der Waals surface area contributed by atoms with E-state index in [4.69, 9.17) is 20.9 Å². The highest BCUT2D eigenvalue weighted by Crippen LogP contribution is 2.22. The molecule has 1 saturated heterocycles. The van der Waals surface area contributed by atoms with E-state index >= 15 is 0 Å². The number of carbonyl (C=O) groups excluding carboxylic acids is 1. The maximum atomic E-state index is 12.3. The Kier molecular flexibility index (Phi) is 6.41. The Morgan fingerprint density at radius 2 is 2.00 bits per heavy atom. The van der Waals surface area contributed by atoms with Crippen LogP contribution in [-0.4, -0.2) is 70.1 Å². The third kappa shape index (κ3) is 4.86. The number of morpholine rings is 1. The first-order valence-corrected chi connectivity index (χ1v) is 10.2. The van der Waals surface area contributed by atoms with Crippen molar-refractivity contribution in [2.45, 2.75) is 13.3 Å². The number of ether oxygens (including phenoxy) is 1. The standard InChI is InChI=1S/C20H23ClN6O3/c1-14-17(13-27(24-14)16-5-3-15(21)4-6-16)18-23-20(30-25-18)19(28)22-7-2-8-26-9-11-29-12-10-26/h3-6,13H,2,7-12H2,1H3,(H,22,28). The molecule has 4 rings (SSSR count). The molecule has 1 amide bonds. The molecule has 9 nitrogen and oxygen atoms in total. The van der Waals surface area contributed by atoms with E-state index in [0.29, 0.717) is 23.0 Å². The number of benzene rings is 1. The van der Waals surface area contributed by atoms with Gasteiger partial charge in [-0.15, -0.1) is 0 Å². The van der Waals surface area contributed by atoms with E-state index in [2.05, 4.69) is 25.5 Å². The number of nitrogens with zero attached hydrogens (tertiary/aromatic N) is 5. The van der Waals surface area contributed by atoms with Crippen LogP contribution in [0.4, 0.5) is 0 Å². The Hall–Kier alpha value is -2.75. The average molecular weight is 431 g/mol. The Bertz CT molecular complexity index is 994. The summed E-state index contributed by atoms with van der Waals surface area (Å²) in [4.78, 5) is 18.9. The largest absolute Gasteiger partial charge is 0.379 e. The van der Waals surface area contributed by atoms with Crippen LogP contribution in [0.2, 0.25) is 5.02 Å². The molecule has 2 aromatic heterocycles. The molecule has 0 bridgehead atoms. The number of aryl methyl sites for hydroxylation is 1. The molecule has 1 aliphatic rings. The van der Waals surface area contributed by atoms with Crippen LogP contribution in [0.1, 0.15) is 22.8 Å². The van der Waals surface area contributed by atoms with Gasteiger partial charge in [-0.25, -0.2) is 4.68 Å². The highest BCUT2D eigenvalue weighted by atomic mass is 35.5. The number of hydrogen-bond acceptors (Lipinski definition) is 7. The van der Waals surface area contributed by atoms with Crippen molar-refractivity contribution in [3.63, 3.8) is 0 Å². The monoisotopic (exact) mass is 430 g/mol. The SMILES string of the molecule is Cc1nn(-c2ccc(Cl)cc2)cc1-c1noc(C(=O)NCCCN2CCOCC2)n1. The Morgan fingerprint density at radius 1 is 1.23 bits per heavy atom. The molecule has 0 aliphatic carbocycles. The van der Waals surface area contributed by atoms with E-state index < -0.39 is 0 Å². The molecule has 158 valence electrons. The third-order valence-electron chi connectivity index (χ3n) is 4.89. The van der Waals surface area contributed by atoms with Crippen molar-refractivity contribution >= 4 is 17.5 Å². The van der Waals surface area contributed by atoms with Gasteiger partial charge in [0, 0.05) is 30.9 Å². The topological polar surface area (TPSA) is 98.3 Å². The number of hydrogen-bond donors (Lipinski definition) is 1. The van der Waals surface area contributed by atoms with Gasteiger partial charge in [0.2, 0.25) is 5.82 Å². The van der Waals surface area contributed by atoms with Gasteiger partial charge in [0.25, 0.3) is 0 Å². The quantitative estimate of drug-likeness (QED) is 0.574. The molecular weight excluding hydrogens is 408 g/mol. The summed E-state index contributed by atoms with van der Waals surface area (Å²) >= 11 is 5.94. The zero-order valence-electron chi connectivity index (χ0n) is 16.7. The van der Waals surface area contributed by atoms with Gasteiger partial charge < -0.3 is 14.6 Å². The van der Waals surface area contributed by atoms with E-state index in [-0.39, 0.29) is 11.8 Å². The summed E-state index contributed by atoms with van der Waals surface area (Å²) in [5.41, 5.74) is 2.28. The molecule has 1 fully saturated rings. The van der Waals surface area contributed by atoms with Crippen LogP contribution in [-0.2, 0) is 4.74 Å². The zero-order valence-corrected chi connectivity index (χ0v) is 17.4. The van der Waals surface area contributed by atoms with Gasteiger partial charge in [0.15, 0.2) is 0 Å². The van der Waals surface area contributed by atoms with Crippen molar-refractivity contribution in [1.29, 1.82) is 0 Å². The summed E-state index contributed by atoms with van der Waals surface area (Å²) in [5, 5.41) is 11.9. The summed E-state index contributed by atoms with van der Waals surface area (Å²) in [6, 6.07) is 7.32. The van der Waals surface area contributed by atoms with Crippen molar-refractivity contribution in [2.75, 3.05) is 39.4 Å². The van der Waals surface area contributed by atoms with Crippen molar-refractivity contribution < 1.29 is 14.1 Å². The Labute approximate surface area is 179 Å². The van der Waals surface area contributed by atoms with Gasteiger partial charge in [0.05, 0.1) is 30.2 Å². The van der Waals surface area contributed by atoms with Gasteiger partial charge in [-0.2, -0.15) is 10.1 Å². The third-order valence-corrected chi connectivity index (χ3v) is 5.14. The molecular formula is C20H23ClN6O3. The minimum atomic E-state index is -0.376. The first-order valence-electron chi connectivity index (χ1n) is 9.85. The lowest BCUT2D eigenvalue weighted by molar-refractivity contribution is 0.0374. The predicted octanol–water partition coefficient (Wildman–Crippen LogP) is 2.34. The van der Waals surface area contributed by atoms with Gasteiger partial charge in [-0.3, -0.25) is 9.69 Å². The zero-order chi connectivity index (χ0) is 20.9. The fourth-order valence-electron chi connectivity index (χ4n) is 3.24. The van der Waals surface area contributed by atoms with Crippen LogP contribution in [0, 0.1) is 6.92 Å². The molecule has 0 spiro atoms. The van der Waals surface area contributed by atoms with Crippen molar-refractivity contribution in [3.05, 3.63) is 47.1 Å². The molecule has 0 atom stereocenters. The van der Waals surface area contributed by atoms with Gasteiger partial charge >= 0.3 is 11.8 Å². The highest BCUT2D eigenvalue weighted by molar-refractivity contribution is 6.30. The Balaban J connectivity index is 1.35. The molecule has 10 heteroatoms. The first-order chi connectivity index (χ1) is 14.6. The molecule has 30 heavy (non-hydrogen) atoms. The second-order valence-corrected chi connectivity index (χ2v) is 7.47. The van der Waals surface area contributed by atoms with Gasteiger partial charge in [-0.1, -0.05) is 16.8 Å². The van der Waals surface area contributed by atoms with Crippen LogP contribution in [0.5, 0.6) is 0 Å². The number of halogens is 1. The van der Waals surface area contributed by atoms with Crippen LogP contribution < -0.4 is 5.32 Å². The van der Waals surface area contributed by atoms with E-state index in [9.17, 15) is 4.79 Å². The molecule has 3 heterocycles. The maximum Gasteiger partial charge on any atom is 0.316 e. The summed E-state index contributed by atoms with van der Waals surface area (Å²) in [6.45, 7) is 6.72. The van der Waals surface area contributed by atoms with E-state index in [1.807, 2.05) is 19.1 Å². The van der Waals surface area contributed by atoms with Crippen LogP contribution >= 0.6 is 11.6 Å². The lowest BCUT2D eigenvalue weighted by Crippen LogP contribution is -2.38. The number of amides is 1. The van der Waals surface area contributed by atoms with E-state index in [0.717, 1.165) is 50.7 Å². The van der Waals surface area contributed by atoms with E-state index in [1.54, 1.807) is 23.0 Å². The van der Waals surface area contributed by atoms with Crippen LogP contribution in [0.15, 0.2) is 35.0 Å². The summed E-state index contributed by atoms with van der Waals surface area (Å²) in [5.74, 6) is -0.111. The summed E-state index contributed by atoms with van der Waals surface area (Å²) in [7, 11) is 0. The lowest BCUT2D eigenvalue weighted by Gasteiger charge is -2.26. The summed E-state index contributed by atoms with van der Waals surface area (Å²) < 4.78 is 12.2. The van der Waals surface area contributed by atoms with Crippen molar-refractivity contribution in [1.82, 2.24) is 30.1 Å². The molecule has 1 aromatic carbocycles. The molecule has 3 aromatic rings. The number of rotatable bonds is 7. The molecule has 1 aliphatic heterocycles. The second kappa shape index (κ2) is 9.38. The van der Waals surface area contributed by atoms with Crippen molar-refractivity contribution in [3.8, 4) is 17.1 Å². The predicted molar refractivity (Wildman–Crippen MR) is 111 cm³/mol. The number of nitrogens with one attached hydrogen (secondary N) is 1. The van der Waals surface area contributed by atoms with Crippen LogP contribution in [0.25, 0.3) is 17.1 Å². The van der Waals surface area contributed by atoms with E-state index in [1.165, 1.54) is 0 Å². The molecule has 0 radical (unpaired) electrons. The van der Waals surface area contributed by atoms with Crippen molar-refractivity contribution in [2.24, 2.45) is 0 Å². The first kappa shape index (κ1) is 20.5. The highest BCUT2D eigenvalue weighted by Gasteiger charge is 2.19. The molecule has 1 N–H and O–H groups in total. The Morgan fingerprint density at radius 3 is 2.77 bits per heavy atom. The fourth-order valence-corrected chi connectivity index (χ4v) is 3.36. The number of aromatic nitrogens is 4. The minimum absolute atomic E-state index is 0.0602. The molecule has 0 saturated carbocycles. The summed E-state index contributed by atoms with van der Waals surface area (Å²) in [6.07, 6.45) is 2.65. The minimum Gasteiger partial charge on any atom is -0.379 e. The molecule has 0 unspecified atom stereocenters. The smallest absolute Gasteiger partial charge is 0.316 e. The maximum absolute atomic E-state index is 12.3. The fraction of sp³-hybridized carbons (Fsp3) is 0.400. The lowest BCUT2D eigenvalue weighted by atomic mass is 10.2. The average Bonchev–Trinajstić information content (AvgIpc) is 3.39. The number of carbonyl (C=O) groups is 1. The normalized spacial score (nSPS) is 14.7. The second-order valence-electron chi connectivity index (χ2n) is 7.04. The van der Waals surface area contributed by atoms with Crippen LogP contribution in [0.3, 0.4) is 0 Å².